The molecule has 0 radical (unpaired) electrons. The van der Waals surface area contributed by atoms with Gasteiger partial charge in [-0.3, -0.25) is 0 Å². The second kappa shape index (κ2) is 6.92. The summed E-state index contributed by atoms with van der Waals surface area (Å²) in [7, 11) is 1.68. The van der Waals surface area contributed by atoms with Crippen LogP contribution in [0.3, 0.4) is 0 Å². The molecule has 2 aromatic carbocycles. The van der Waals surface area contributed by atoms with Crippen molar-refractivity contribution in [2.45, 2.75) is 6.04 Å². The van der Waals surface area contributed by atoms with Crippen molar-refractivity contribution in [1.29, 1.82) is 0 Å². The van der Waals surface area contributed by atoms with Crippen LogP contribution in [0.2, 0.25) is 0 Å². The average molecular weight is 256 g/mol. The summed E-state index contributed by atoms with van der Waals surface area (Å²) in [6.45, 7) is 1.41. The molecule has 0 aromatic heterocycles. The first-order valence-corrected chi connectivity index (χ1v) is 6.47. The molecule has 0 aliphatic carbocycles. The number of hydrogen-bond acceptors (Lipinski definition) is 3. The molecule has 19 heavy (non-hydrogen) atoms. The van der Waals surface area contributed by atoms with Gasteiger partial charge in [0.15, 0.2) is 0 Å². The van der Waals surface area contributed by atoms with Crippen LogP contribution in [0.25, 0.3) is 0 Å². The second-order valence-corrected chi connectivity index (χ2v) is 4.36. The van der Waals surface area contributed by atoms with E-state index in [2.05, 4.69) is 41.7 Å². The van der Waals surface area contributed by atoms with Crippen molar-refractivity contribution in [1.82, 2.24) is 5.32 Å². The summed E-state index contributed by atoms with van der Waals surface area (Å²) in [6.07, 6.45) is 0. The van der Waals surface area contributed by atoms with Gasteiger partial charge < -0.3 is 15.8 Å². The van der Waals surface area contributed by atoms with E-state index in [4.69, 9.17) is 10.5 Å². The molecule has 1 atom stereocenters. The maximum absolute atomic E-state index is 5.60. The lowest BCUT2D eigenvalue weighted by Crippen LogP contribution is -2.27. The van der Waals surface area contributed by atoms with Crippen molar-refractivity contribution in [2.24, 2.45) is 5.73 Å². The fourth-order valence-corrected chi connectivity index (χ4v) is 2.10. The van der Waals surface area contributed by atoms with Gasteiger partial charge in [-0.05, 0) is 23.3 Å². The molecule has 0 aliphatic rings. The van der Waals surface area contributed by atoms with E-state index in [0.29, 0.717) is 6.54 Å². The quantitative estimate of drug-likeness (QED) is 0.834. The van der Waals surface area contributed by atoms with Crippen molar-refractivity contribution in [3.05, 3.63) is 65.7 Å². The number of ether oxygens (including phenoxy) is 1. The fraction of sp³-hybridized carbons (Fsp3) is 0.250. The van der Waals surface area contributed by atoms with E-state index in [9.17, 15) is 0 Å². The number of benzene rings is 2. The molecule has 2 rings (SSSR count). The van der Waals surface area contributed by atoms with Gasteiger partial charge in [0.1, 0.15) is 5.75 Å². The number of hydrogen-bond donors (Lipinski definition) is 2. The summed E-state index contributed by atoms with van der Waals surface area (Å²) in [5.74, 6) is 0.870. The topological polar surface area (TPSA) is 47.3 Å². The molecule has 3 N–H and O–H groups in total. The minimum absolute atomic E-state index is 0.163. The second-order valence-electron chi connectivity index (χ2n) is 4.36. The van der Waals surface area contributed by atoms with E-state index in [1.807, 2.05) is 18.2 Å². The van der Waals surface area contributed by atoms with Gasteiger partial charge in [0.25, 0.3) is 0 Å². The summed E-state index contributed by atoms with van der Waals surface area (Å²) in [5, 5.41) is 3.47. The smallest absolute Gasteiger partial charge is 0.118 e. The number of nitrogens with one attached hydrogen (secondary N) is 1. The monoisotopic (exact) mass is 256 g/mol. The predicted octanol–water partition coefficient (Wildman–Crippen LogP) is 2.33. The minimum Gasteiger partial charge on any atom is -0.497 e. The van der Waals surface area contributed by atoms with Crippen LogP contribution in [0.1, 0.15) is 17.2 Å². The van der Waals surface area contributed by atoms with Crippen LogP contribution in [0.5, 0.6) is 5.75 Å². The normalized spacial score (nSPS) is 12.1. The number of methoxy groups -OCH3 is 1. The Morgan fingerprint density at radius 2 is 1.63 bits per heavy atom. The molecule has 0 heterocycles. The van der Waals surface area contributed by atoms with Crippen molar-refractivity contribution in [3.63, 3.8) is 0 Å². The van der Waals surface area contributed by atoms with Gasteiger partial charge in [0, 0.05) is 13.1 Å². The Morgan fingerprint density at radius 1 is 1.00 bits per heavy atom. The van der Waals surface area contributed by atoms with Crippen LogP contribution in [0.4, 0.5) is 0 Å². The first-order valence-electron chi connectivity index (χ1n) is 6.47. The van der Waals surface area contributed by atoms with Gasteiger partial charge in [0.05, 0.1) is 13.2 Å². The average Bonchev–Trinajstić information content (AvgIpc) is 2.49. The Balaban J connectivity index is 2.26. The Bertz CT molecular complexity index is 482. The summed E-state index contributed by atoms with van der Waals surface area (Å²) in [4.78, 5) is 0. The van der Waals surface area contributed by atoms with Gasteiger partial charge in [-0.1, -0.05) is 42.5 Å². The molecular weight excluding hydrogens is 236 g/mol. The Morgan fingerprint density at radius 3 is 2.21 bits per heavy atom. The zero-order chi connectivity index (χ0) is 13.5. The minimum atomic E-state index is 0.163. The van der Waals surface area contributed by atoms with Crippen molar-refractivity contribution in [3.8, 4) is 5.75 Å². The first-order chi connectivity index (χ1) is 9.35. The summed E-state index contributed by atoms with van der Waals surface area (Å²) in [5.41, 5.74) is 8.04. The summed E-state index contributed by atoms with van der Waals surface area (Å²) in [6, 6.07) is 18.7. The van der Waals surface area contributed by atoms with E-state index in [1.165, 1.54) is 11.1 Å². The first kappa shape index (κ1) is 13.6. The van der Waals surface area contributed by atoms with E-state index >= 15 is 0 Å². The van der Waals surface area contributed by atoms with E-state index in [-0.39, 0.29) is 6.04 Å². The highest BCUT2D eigenvalue weighted by molar-refractivity contribution is 5.35. The third kappa shape index (κ3) is 3.56. The van der Waals surface area contributed by atoms with Crippen molar-refractivity contribution >= 4 is 0 Å². The Kier molecular flexibility index (Phi) is 4.95. The van der Waals surface area contributed by atoms with Crippen LogP contribution in [0, 0.1) is 0 Å². The molecular formula is C16H20N2O. The maximum atomic E-state index is 5.60. The molecule has 0 spiro atoms. The molecule has 0 saturated carbocycles. The zero-order valence-corrected chi connectivity index (χ0v) is 11.2. The van der Waals surface area contributed by atoms with Crippen LogP contribution >= 0.6 is 0 Å². The summed E-state index contributed by atoms with van der Waals surface area (Å²) < 4.78 is 5.20. The van der Waals surface area contributed by atoms with Crippen LogP contribution in [-0.2, 0) is 0 Å². The SMILES string of the molecule is COc1ccc(C(NCCN)c2ccccc2)cc1. The summed E-state index contributed by atoms with van der Waals surface area (Å²) >= 11 is 0. The Labute approximate surface area is 114 Å². The highest BCUT2D eigenvalue weighted by Gasteiger charge is 2.12. The molecule has 100 valence electrons. The highest BCUT2D eigenvalue weighted by Crippen LogP contribution is 2.23. The third-order valence-corrected chi connectivity index (χ3v) is 3.07. The van der Waals surface area contributed by atoms with Crippen LogP contribution < -0.4 is 15.8 Å². The third-order valence-electron chi connectivity index (χ3n) is 3.07. The van der Waals surface area contributed by atoms with Crippen LogP contribution in [0.15, 0.2) is 54.6 Å². The lowest BCUT2D eigenvalue weighted by atomic mass is 9.98. The van der Waals surface area contributed by atoms with Crippen molar-refractivity contribution in [2.75, 3.05) is 20.2 Å². The number of nitrogens with two attached hydrogens (primary N) is 1. The highest BCUT2D eigenvalue weighted by atomic mass is 16.5. The van der Waals surface area contributed by atoms with Gasteiger partial charge in [-0.2, -0.15) is 0 Å². The Hall–Kier alpha value is -1.84. The standard InChI is InChI=1S/C16H20N2O/c1-19-15-9-7-14(8-10-15)16(18-12-11-17)13-5-3-2-4-6-13/h2-10,16,18H,11-12,17H2,1H3. The van der Waals surface area contributed by atoms with Gasteiger partial charge in [-0.25, -0.2) is 0 Å². The van der Waals surface area contributed by atoms with Gasteiger partial charge in [0.2, 0.25) is 0 Å². The molecule has 0 saturated heterocycles. The maximum Gasteiger partial charge on any atom is 0.118 e. The molecule has 0 bridgehead atoms. The largest absolute Gasteiger partial charge is 0.497 e. The van der Waals surface area contributed by atoms with Gasteiger partial charge >= 0.3 is 0 Å². The van der Waals surface area contributed by atoms with E-state index in [0.717, 1.165) is 12.3 Å². The van der Waals surface area contributed by atoms with Crippen molar-refractivity contribution < 1.29 is 4.74 Å². The number of rotatable bonds is 6. The molecule has 0 amide bonds. The lowest BCUT2D eigenvalue weighted by Gasteiger charge is -2.19. The molecule has 3 nitrogen and oxygen atoms in total. The molecule has 3 heteroatoms. The molecule has 2 aromatic rings. The van der Waals surface area contributed by atoms with Gasteiger partial charge in [-0.15, -0.1) is 0 Å². The van der Waals surface area contributed by atoms with Crippen LogP contribution in [-0.4, -0.2) is 20.2 Å². The van der Waals surface area contributed by atoms with E-state index < -0.39 is 0 Å². The molecule has 0 fully saturated rings. The van der Waals surface area contributed by atoms with E-state index in [1.54, 1.807) is 7.11 Å². The fourth-order valence-electron chi connectivity index (χ4n) is 2.10. The molecule has 1 unspecified atom stereocenters. The predicted molar refractivity (Wildman–Crippen MR) is 78.3 cm³/mol. The zero-order valence-electron chi connectivity index (χ0n) is 11.2. The lowest BCUT2D eigenvalue weighted by molar-refractivity contribution is 0.414. The molecule has 0 aliphatic heterocycles.